The van der Waals surface area contributed by atoms with Crippen LogP contribution >= 0.6 is 0 Å². The van der Waals surface area contributed by atoms with Crippen LogP contribution in [-0.4, -0.2) is 40.2 Å². The molecular weight excluding hydrogens is 250 g/mol. The van der Waals surface area contributed by atoms with Crippen molar-refractivity contribution >= 4 is 17.8 Å². The van der Waals surface area contributed by atoms with Gasteiger partial charge in [-0.15, -0.1) is 26.3 Å². The first-order valence-corrected chi connectivity index (χ1v) is 3.34. The topological polar surface area (TPSA) is 57.7 Å². The highest BCUT2D eigenvalue weighted by atomic mass is 19.4. The number of amides is 4. The number of hydrogen-bond acceptors (Lipinski definition) is 3. The first-order chi connectivity index (χ1) is 6.98. The summed E-state index contributed by atoms with van der Waals surface area (Å²) in [5.74, 6) is -5.18. The molecule has 0 aromatic carbocycles. The highest BCUT2D eigenvalue weighted by molar-refractivity contribution is 6.44. The normalized spacial score (nSPS) is 18.8. The minimum atomic E-state index is -5.68. The van der Waals surface area contributed by atoms with E-state index in [4.69, 9.17) is 0 Å². The van der Waals surface area contributed by atoms with Crippen molar-refractivity contribution in [3.05, 3.63) is 0 Å². The molecule has 0 N–H and O–H groups in total. The van der Waals surface area contributed by atoms with Gasteiger partial charge in [0.1, 0.15) is 0 Å². The lowest BCUT2D eigenvalue weighted by molar-refractivity contribution is -0.229. The van der Waals surface area contributed by atoms with Gasteiger partial charge in [-0.1, -0.05) is 0 Å². The second kappa shape index (κ2) is 3.09. The number of nitrogens with zero attached hydrogens (tertiary/aromatic N) is 2. The van der Waals surface area contributed by atoms with Crippen LogP contribution in [0.25, 0.3) is 0 Å². The smallest absolute Gasteiger partial charge is 0.263 e. The number of halogens is 6. The molecule has 4 amide bonds. The molecule has 11 heteroatoms. The molecule has 0 atom stereocenters. The molecule has 0 spiro atoms. The molecule has 1 aliphatic rings. The predicted octanol–water partition coefficient (Wildman–Crippen LogP) is 0.817. The molecule has 1 saturated heterocycles. The fourth-order valence-electron chi connectivity index (χ4n) is 0.912. The number of carbonyl (C=O) groups excluding carboxylic acids is 3. The van der Waals surface area contributed by atoms with Gasteiger partial charge in [0.15, 0.2) is 0 Å². The highest BCUT2D eigenvalue weighted by Crippen LogP contribution is 2.33. The Kier molecular flexibility index (Phi) is 2.37. The number of alkyl halides is 6. The van der Waals surface area contributed by atoms with Crippen LogP contribution in [0.3, 0.4) is 0 Å². The van der Waals surface area contributed by atoms with Gasteiger partial charge in [-0.25, -0.2) is 4.79 Å². The second-order valence-electron chi connectivity index (χ2n) is 2.50. The van der Waals surface area contributed by atoms with Gasteiger partial charge in [0.05, 0.1) is 0 Å². The summed E-state index contributed by atoms with van der Waals surface area (Å²) in [6.45, 7) is 0. The van der Waals surface area contributed by atoms with E-state index >= 15 is 0 Å². The van der Waals surface area contributed by atoms with Crippen LogP contribution in [-0.2, 0) is 9.59 Å². The number of hydrogen-bond donors (Lipinski definition) is 0. The van der Waals surface area contributed by atoms with Crippen molar-refractivity contribution in [2.24, 2.45) is 0 Å². The van der Waals surface area contributed by atoms with Crippen LogP contribution in [0.15, 0.2) is 0 Å². The van der Waals surface area contributed by atoms with Crippen molar-refractivity contribution < 1.29 is 40.7 Å². The Bertz CT molecular complexity index is 337. The maximum atomic E-state index is 11.9. The molecule has 0 aromatic rings. The number of rotatable bonds is 0. The molecule has 16 heavy (non-hydrogen) atoms. The monoisotopic (exact) mass is 250 g/mol. The molecule has 0 saturated carbocycles. The van der Waals surface area contributed by atoms with E-state index in [1.807, 2.05) is 0 Å². The second-order valence-corrected chi connectivity index (χ2v) is 2.50. The van der Waals surface area contributed by atoms with Gasteiger partial charge >= 0.3 is 30.4 Å². The summed E-state index contributed by atoms with van der Waals surface area (Å²) < 4.78 is 71.6. The van der Waals surface area contributed by atoms with Crippen LogP contribution in [0.1, 0.15) is 0 Å². The molecule has 0 aromatic heterocycles. The fourth-order valence-corrected chi connectivity index (χ4v) is 0.912. The quantitative estimate of drug-likeness (QED) is 0.277. The Labute approximate surface area is 82.2 Å². The zero-order valence-corrected chi connectivity index (χ0v) is 6.89. The summed E-state index contributed by atoms with van der Waals surface area (Å²) in [6.07, 6.45) is -11.4. The summed E-state index contributed by atoms with van der Waals surface area (Å²) in [5, 5.41) is 0. The summed E-state index contributed by atoms with van der Waals surface area (Å²) in [7, 11) is 0. The summed E-state index contributed by atoms with van der Waals surface area (Å²) >= 11 is 0. The first-order valence-electron chi connectivity index (χ1n) is 3.34. The number of imide groups is 2. The summed E-state index contributed by atoms with van der Waals surface area (Å²) in [6, 6.07) is -2.78. The highest BCUT2D eigenvalue weighted by Gasteiger charge is 2.64. The Morgan fingerprint density at radius 2 is 0.938 bits per heavy atom. The van der Waals surface area contributed by atoms with Crippen molar-refractivity contribution in [1.82, 2.24) is 9.80 Å². The van der Waals surface area contributed by atoms with Crippen molar-refractivity contribution in [3.8, 4) is 0 Å². The maximum Gasteiger partial charge on any atom is 0.495 e. The zero-order valence-electron chi connectivity index (χ0n) is 6.89. The minimum Gasteiger partial charge on any atom is -0.263 e. The van der Waals surface area contributed by atoms with E-state index in [0.717, 1.165) is 0 Å². The van der Waals surface area contributed by atoms with E-state index in [-0.39, 0.29) is 0 Å². The number of carbonyl (C=O) groups is 3. The molecule has 1 aliphatic heterocycles. The van der Waals surface area contributed by atoms with Gasteiger partial charge in [-0.05, 0) is 0 Å². The van der Waals surface area contributed by atoms with E-state index < -0.39 is 40.2 Å². The molecule has 0 aliphatic carbocycles. The lowest BCUT2D eigenvalue weighted by Crippen LogP contribution is -2.46. The SMILES string of the molecule is O=C1C(=O)N(C(F)(F)F)C(=O)N1C(F)(F)F. The van der Waals surface area contributed by atoms with Crippen LogP contribution < -0.4 is 0 Å². The van der Waals surface area contributed by atoms with Gasteiger partial charge in [0, 0.05) is 0 Å². The van der Waals surface area contributed by atoms with Crippen LogP contribution in [0, 0.1) is 0 Å². The van der Waals surface area contributed by atoms with E-state index in [1.165, 1.54) is 0 Å². The maximum absolute atomic E-state index is 11.9. The van der Waals surface area contributed by atoms with E-state index in [9.17, 15) is 40.7 Å². The molecule has 0 bridgehead atoms. The standard InChI is InChI=1S/C5F6N2O3/c6-4(7,8)12-1(14)2(15)13(3(12)16)5(9,10)11. The molecule has 0 radical (unpaired) electrons. The Hall–Kier alpha value is -1.81. The third-order valence-electron chi connectivity index (χ3n) is 1.48. The molecule has 90 valence electrons. The van der Waals surface area contributed by atoms with Crippen LogP contribution in [0.4, 0.5) is 31.1 Å². The number of urea groups is 1. The molecule has 1 heterocycles. The van der Waals surface area contributed by atoms with Gasteiger partial charge in [0.2, 0.25) is 0 Å². The Morgan fingerprint density at radius 1 is 0.688 bits per heavy atom. The lowest BCUT2D eigenvalue weighted by atomic mass is 10.5. The summed E-state index contributed by atoms with van der Waals surface area (Å²) in [5.41, 5.74) is 0. The van der Waals surface area contributed by atoms with Crippen molar-refractivity contribution in [3.63, 3.8) is 0 Å². The average molecular weight is 250 g/mol. The van der Waals surface area contributed by atoms with Crippen LogP contribution in [0.2, 0.25) is 0 Å². The van der Waals surface area contributed by atoms with Crippen LogP contribution in [0.5, 0.6) is 0 Å². The van der Waals surface area contributed by atoms with Crippen molar-refractivity contribution in [2.75, 3.05) is 0 Å². The van der Waals surface area contributed by atoms with Gasteiger partial charge in [0.25, 0.3) is 0 Å². The molecular formula is C5F6N2O3. The average Bonchev–Trinajstić information content (AvgIpc) is 2.19. The van der Waals surface area contributed by atoms with E-state index in [1.54, 1.807) is 0 Å². The third kappa shape index (κ3) is 1.67. The fraction of sp³-hybridized carbons (Fsp3) is 0.400. The zero-order chi connectivity index (χ0) is 12.9. The lowest BCUT2D eigenvalue weighted by Gasteiger charge is -2.18. The Balaban J connectivity index is 3.20. The Morgan fingerprint density at radius 3 is 1.06 bits per heavy atom. The van der Waals surface area contributed by atoms with Gasteiger partial charge < -0.3 is 0 Å². The molecule has 5 nitrogen and oxygen atoms in total. The summed E-state index contributed by atoms with van der Waals surface area (Å²) in [4.78, 5) is 28.2. The molecule has 0 unspecified atom stereocenters. The van der Waals surface area contributed by atoms with Gasteiger partial charge in [-0.3, -0.25) is 9.59 Å². The van der Waals surface area contributed by atoms with E-state index in [0.29, 0.717) is 0 Å². The largest absolute Gasteiger partial charge is 0.495 e. The van der Waals surface area contributed by atoms with E-state index in [2.05, 4.69) is 0 Å². The molecule has 1 fully saturated rings. The predicted molar refractivity (Wildman–Crippen MR) is 31.2 cm³/mol. The van der Waals surface area contributed by atoms with Crippen molar-refractivity contribution in [2.45, 2.75) is 12.6 Å². The first kappa shape index (κ1) is 12.3. The minimum absolute atomic E-state index is 1.71. The van der Waals surface area contributed by atoms with Gasteiger partial charge in [-0.2, -0.15) is 9.80 Å². The third-order valence-corrected chi connectivity index (χ3v) is 1.48. The van der Waals surface area contributed by atoms with Crippen molar-refractivity contribution in [1.29, 1.82) is 0 Å². The molecule has 1 rings (SSSR count).